The van der Waals surface area contributed by atoms with Gasteiger partial charge in [-0.15, -0.1) is 10.2 Å². The highest BCUT2D eigenvalue weighted by Crippen LogP contribution is 2.36. The Labute approximate surface area is 185 Å². The smallest absolute Gasteiger partial charge is 0.182 e. The van der Waals surface area contributed by atoms with E-state index < -0.39 is 0 Å². The van der Waals surface area contributed by atoms with E-state index in [0.29, 0.717) is 18.1 Å². The van der Waals surface area contributed by atoms with Crippen LogP contribution < -0.4 is 4.74 Å². The first-order valence-corrected chi connectivity index (χ1v) is 10.8. The number of benzene rings is 1. The molecule has 1 aromatic carbocycles. The van der Waals surface area contributed by atoms with Crippen LogP contribution in [-0.4, -0.2) is 21.2 Å². The number of aromatic nitrogens is 3. The van der Waals surface area contributed by atoms with E-state index in [-0.39, 0.29) is 20.8 Å². The summed E-state index contributed by atoms with van der Waals surface area (Å²) in [5.41, 5.74) is 1.17. The van der Waals surface area contributed by atoms with Gasteiger partial charge >= 0.3 is 0 Å². The minimum Gasteiger partial charge on any atom is -0.494 e. The lowest BCUT2D eigenvalue weighted by Crippen LogP contribution is -1.98. The molecule has 152 valence electrons. The Hall–Kier alpha value is -2.00. The maximum Gasteiger partial charge on any atom is 0.182 e. The molecule has 0 amide bonds. The van der Waals surface area contributed by atoms with Crippen LogP contribution in [0.4, 0.5) is 0 Å². The lowest BCUT2D eigenvalue weighted by Gasteiger charge is -2.09. The van der Waals surface area contributed by atoms with Gasteiger partial charge in [-0.25, -0.2) is 0 Å². The quantitative estimate of drug-likeness (QED) is 0.260. The summed E-state index contributed by atoms with van der Waals surface area (Å²) < 4.78 is 7.35. The zero-order valence-electron chi connectivity index (χ0n) is 16.1. The molecule has 0 saturated heterocycles. The molecular formula is C21H21Cl3N4O. The molecular weight excluding hydrogens is 431 g/mol. The fourth-order valence-corrected chi connectivity index (χ4v) is 3.86. The van der Waals surface area contributed by atoms with Gasteiger partial charge in [0.1, 0.15) is 27.6 Å². The first kappa shape index (κ1) is 21.7. The number of nitrogens with zero attached hydrogens (tertiary/aromatic N) is 4. The van der Waals surface area contributed by atoms with Gasteiger partial charge in [0.15, 0.2) is 11.5 Å². The summed E-state index contributed by atoms with van der Waals surface area (Å²) in [5.74, 6) is 1.27. The van der Waals surface area contributed by atoms with Crippen molar-refractivity contribution in [2.24, 2.45) is 0 Å². The van der Waals surface area contributed by atoms with Gasteiger partial charge in [0, 0.05) is 5.56 Å². The summed E-state index contributed by atoms with van der Waals surface area (Å²) in [6.07, 6.45) is 7.35. The third kappa shape index (κ3) is 4.78. The molecule has 2 heterocycles. The van der Waals surface area contributed by atoms with Crippen LogP contribution in [0.1, 0.15) is 51.0 Å². The van der Waals surface area contributed by atoms with E-state index >= 15 is 0 Å². The van der Waals surface area contributed by atoms with Crippen molar-refractivity contribution in [3.8, 4) is 23.2 Å². The largest absolute Gasteiger partial charge is 0.494 e. The molecule has 0 fully saturated rings. The summed E-state index contributed by atoms with van der Waals surface area (Å²) in [6, 6.07) is 9.48. The average Bonchev–Trinajstić information content (AvgIpc) is 3.18. The van der Waals surface area contributed by atoms with Crippen molar-refractivity contribution < 1.29 is 4.74 Å². The molecule has 0 aliphatic carbocycles. The molecule has 0 aliphatic heterocycles. The molecule has 8 heteroatoms. The minimum atomic E-state index is 0.0732. The maximum absolute atomic E-state index is 9.33. The van der Waals surface area contributed by atoms with Crippen LogP contribution in [0.25, 0.3) is 17.0 Å². The third-order valence-corrected chi connectivity index (χ3v) is 5.86. The van der Waals surface area contributed by atoms with Crippen molar-refractivity contribution in [2.45, 2.75) is 45.4 Å². The van der Waals surface area contributed by atoms with Gasteiger partial charge in [-0.05, 0) is 30.7 Å². The van der Waals surface area contributed by atoms with Crippen LogP contribution in [0.3, 0.4) is 0 Å². The molecule has 0 aliphatic rings. The summed E-state index contributed by atoms with van der Waals surface area (Å²) >= 11 is 18.7. The Bertz CT molecular complexity index is 1030. The lowest BCUT2D eigenvalue weighted by molar-refractivity contribution is 0.304. The first-order valence-electron chi connectivity index (χ1n) is 9.63. The summed E-state index contributed by atoms with van der Waals surface area (Å²) in [7, 11) is 0. The highest BCUT2D eigenvalue weighted by molar-refractivity contribution is 6.46. The monoisotopic (exact) mass is 450 g/mol. The second-order valence-electron chi connectivity index (χ2n) is 6.73. The Balaban J connectivity index is 1.73. The summed E-state index contributed by atoms with van der Waals surface area (Å²) in [4.78, 5) is 0. The van der Waals surface area contributed by atoms with Crippen molar-refractivity contribution >= 4 is 40.4 Å². The Morgan fingerprint density at radius 2 is 1.66 bits per heavy atom. The number of rotatable bonds is 9. The Morgan fingerprint density at radius 3 is 2.34 bits per heavy atom. The highest BCUT2D eigenvalue weighted by Gasteiger charge is 2.21. The normalized spacial score (nSPS) is 11.0. The molecule has 0 bridgehead atoms. The van der Waals surface area contributed by atoms with Gasteiger partial charge in [-0.3, -0.25) is 4.40 Å². The van der Waals surface area contributed by atoms with Gasteiger partial charge < -0.3 is 4.74 Å². The molecule has 29 heavy (non-hydrogen) atoms. The fraction of sp³-hybridized carbons (Fsp3) is 0.381. The average molecular weight is 452 g/mol. The van der Waals surface area contributed by atoms with Crippen LogP contribution in [0.15, 0.2) is 24.3 Å². The number of ether oxygens (including phenoxy) is 1. The van der Waals surface area contributed by atoms with E-state index in [1.54, 1.807) is 0 Å². The van der Waals surface area contributed by atoms with E-state index in [4.69, 9.17) is 39.5 Å². The highest BCUT2D eigenvalue weighted by atomic mass is 35.5. The van der Waals surface area contributed by atoms with E-state index in [0.717, 1.165) is 17.7 Å². The molecule has 0 N–H and O–H groups in total. The number of pyridine rings is 1. The minimum absolute atomic E-state index is 0.0732. The van der Waals surface area contributed by atoms with E-state index in [9.17, 15) is 5.26 Å². The van der Waals surface area contributed by atoms with Crippen LogP contribution in [0.5, 0.6) is 5.75 Å². The van der Waals surface area contributed by atoms with Crippen LogP contribution in [0, 0.1) is 11.3 Å². The van der Waals surface area contributed by atoms with E-state index in [1.165, 1.54) is 36.5 Å². The standard InChI is InChI=1S/C21H21Cl3N4O/c1-2-3-4-5-6-7-12-29-15-10-8-14(9-11-15)20-26-27-21-18(23)17(22)16(13-25)19(24)28(20)21/h8-11H,2-7,12H2,1H3. The SMILES string of the molecule is CCCCCCCCOc1ccc(-c2nnc3c(Cl)c(Cl)c(C#N)c(Cl)n23)cc1. The van der Waals surface area contributed by atoms with Crippen LogP contribution in [0.2, 0.25) is 15.2 Å². The number of hydrogen-bond acceptors (Lipinski definition) is 4. The van der Waals surface area contributed by atoms with Gasteiger partial charge in [0.2, 0.25) is 0 Å². The van der Waals surface area contributed by atoms with Gasteiger partial charge in [-0.2, -0.15) is 5.26 Å². The summed E-state index contributed by atoms with van der Waals surface area (Å²) in [6.45, 7) is 2.92. The molecule has 0 saturated carbocycles. The zero-order valence-corrected chi connectivity index (χ0v) is 18.4. The maximum atomic E-state index is 9.33. The van der Waals surface area contributed by atoms with Crippen molar-refractivity contribution in [2.75, 3.05) is 6.61 Å². The first-order chi connectivity index (χ1) is 14.1. The molecule has 5 nitrogen and oxygen atoms in total. The predicted octanol–water partition coefficient (Wildman–Crippen LogP) is 6.97. The number of nitriles is 1. The lowest BCUT2D eigenvalue weighted by atomic mass is 10.1. The van der Waals surface area contributed by atoms with Gasteiger partial charge in [0.25, 0.3) is 0 Å². The van der Waals surface area contributed by atoms with Crippen molar-refractivity contribution in [3.05, 3.63) is 45.0 Å². The molecule has 3 aromatic rings. The molecule has 0 radical (unpaired) electrons. The Kier molecular flexibility index (Phi) is 7.60. The molecule has 0 atom stereocenters. The topological polar surface area (TPSA) is 63.2 Å². The third-order valence-electron chi connectivity index (χ3n) is 4.67. The molecule has 0 unspecified atom stereocenters. The van der Waals surface area contributed by atoms with Crippen LogP contribution in [-0.2, 0) is 0 Å². The summed E-state index contributed by atoms with van der Waals surface area (Å²) in [5, 5.41) is 17.9. The molecule has 3 rings (SSSR count). The van der Waals surface area contributed by atoms with E-state index in [2.05, 4.69) is 17.1 Å². The molecule has 2 aromatic heterocycles. The molecule has 0 spiro atoms. The van der Waals surface area contributed by atoms with Gasteiger partial charge in [-0.1, -0.05) is 73.8 Å². The number of fused-ring (bicyclic) bond motifs is 1. The van der Waals surface area contributed by atoms with Crippen LogP contribution >= 0.6 is 34.8 Å². The Morgan fingerprint density at radius 1 is 0.966 bits per heavy atom. The van der Waals surface area contributed by atoms with Crippen molar-refractivity contribution in [1.82, 2.24) is 14.6 Å². The fourth-order valence-electron chi connectivity index (χ4n) is 3.08. The van der Waals surface area contributed by atoms with Crippen molar-refractivity contribution in [1.29, 1.82) is 5.26 Å². The van der Waals surface area contributed by atoms with E-state index in [1.807, 2.05) is 30.3 Å². The second kappa shape index (κ2) is 10.2. The predicted molar refractivity (Wildman–Crippen MR) is 117 cm³/mol. The zero-order chi connectivity index (χ0) is 20.8. The van der Waals surface area contributed by atoms with Crippen molar-refractivity contribution in [3.63, 3.8) is 0 Å². The number of unbranched alkanes of at least 4 members (excludes halogenated alkanes) is 5. The number of halogens is 3. The second-order valence-corrected chi connectivity index (χ2v) is 7.84. The van der Waals surface area contributed by atoms with Gasteiger partial charge in [0.05, 0.1) is 11.6 Å². The number of hydrogen-bond donors (Lipinski definition) is 0.